The molecule has 0 atom stereocenters. The van der Waals surface area contributed by atoms with Gasteiger partial charge in [0.2, 0.25) is 11.8 Å². The van der Waals surface area contributed by atoms with Gasteiger partial charge in [0.1, 0.15) is 0 Å². The van der Waals surface area contributed by atoms with Crippen LogP contribution in [0.2, 0.25) is 0 Å². The van der Waals surface area contributed by atoms with E-state index in [0.29, 0.717) is 5.69 Å². The quantitative estimate of drug-likeness (QED) is 0.0977. The number of carbonyl (C=O) groups is 2. The number of nitrogens with one attached hydrogen (secondary N) is 1. The van der Waals surface area contributed by atoms with E-state index in [1.807, 2.05) is 68.5 Å². The van der Waals surface area contributed by atoms with Crippen LogP contribution in [0.25, 0.3) is 43.7 Å². The molecule has 1 aromatic heterocycles. The molecule has 6 nitrogen and oxygen atoms in total. The number of H-pyrrole nitrogens is 1. The summed E-state index contributed by atoms with van der Waals surface area (Å²) >= 11 is 1.73. The Labute approximate surface area is 414 Å². The number of benzene rings is 7. The predicted molar refractivity (Wildman–Crippen MR) is 297 cm³/mol. The Balaban J connectivity index is 1.28. The molecule has 2 aliphatic rings. The van der Waals surface area contributed by atoms with Gasteiger partial charge in [0.15, 0.2) is 0 Å². The number of anilines is 6. The fraction of sp³-hybridized carbons (Fsp3) is 0.0794. The summed E-state index contributed by atoms with van der Waals surface area (Å²) in [5.74, 6) is -0.405. The Hall–Kier alpha value is -8.39. The smallest absolute Gasteiger partial charge is 0.234 e. The van der Waals surface area contributed by atoms with Crippen LogP contribution in [0.5, 0.6) is 0 Å². The zero-order valence-corrected chi connectivity index (χ0v) is 40.3. The minimum Gasteiger partial charge on any atom is -0.354 e. The number of imide groups is 1. The third-order valence-electron chi connectivity index (χ3n) is 12.9. The third kappa shape index (κ3) is 8.35. The number of hydrogen-bond donors (Lipinski definition) is 1. The van der Waals surface area contributed by atoms with Gasteiger partial charge in [-0.2, -0.15) is 0 Å². The molecule has 2 amide bonds. The summed E-state index contributed by atoms with van der Waals surface area (Å²) in [7, 11) is 0. The molecule has 70 heavy (non-hydrogen) atoms. The molecule has 0 bridgehead atoms. The molecule has 0 unspecified atom stereocenters. The highest BCUT2D eigenvalue weighted by atomic mass is 32.2. The van der Waals surface area contributed by atoms with Crippen LogP contribution in [0.3, 0.4) is 0 Å². The molecule has 2 aliphatic heterocycles. The molecule has 0 spiro atoms. The zero-order chi connectivity index (χ0) is 48.3. The lowest BCUT2D eigenvalue weighted by Gasteiger charge is -2.38. The van der Waals surface area contributed by atoms with Crippen molar-refractivity contribution in [2.45, 2.75) is 38.5 Å². The van der Waals surface area contributed by atoms with Crippen molar-refractivity contribution in [1.82, 2.24) is 4.98 Å². The number of aromatic amines is 1. The monoisotopic (exact) mass is 928 g/mol. The lowest BCUT2D eigenvalue weighted by atomic mass is 9.93. The summed E-state index contributed by atoms with van der Waals surface area (Å²) in [6.45, 7) is 14.9. The van der Waals surface area contributed by atoms with E-state index in [1.165, 1.54) is 15.7 Å². The fourth-order valence-corrected chi connectivity index (χ4v) is 11.0. The SMILES string of the molecule is C=C/C=C\C(=C/C)c1cc(N2C(=O)CCC2=O)ccc1N1C(=C/C)/C(=C(\C(=C)/C=C\C=C/C)c2cccc3c2[nH]c2cc4ccccc4cc23)Sc2ccc(N(c3ccccc3)c3ccccc3)cc21. The van der Waals surface area contributed by atoms with Gasteiger partial charge < -0.3 is 14.8 Å². The van der Waals surface area contributed by atoms with Gasteiger partial charge in [-0.05, 0) is 115 Å². The van der Waals surface area contributed by atoms with Crippen molar-refractivity contribution < 1.29 is 9.59 Å². The largest absolute Gasteiger partial charge is 0.354 e. The molecule has 1 fully saturated rings. The first-order chi connectivity index (χ1) is 34.3. The van der Waals surface area contributed by atoms with Gasteiger partial charge in [-0.3, -0.25) is 14.5 Å². The summed E-state index contributed by atoms with van der Waals surface area (Å²) in [5.41, 5.74) is 13.0. The minimum atomic E-state index is -0.202. The number of para-hydroxylation sites is 3. The van der Waals surface area contributed by atoms with Gasteiger partial charge >= 0.3 is 0 Å². The van der Waals surface area contributed by atoms with E-state index in [-0.39, 0.29) is 24.7 Å². The second kappa shape index (κ2) is 19.7. The molecule has 0 aliphatic carbocycles. The third-order valence-corrected chi connectivity index (χ3v) is 14.1. The van der Waals surface area contributed by atoms with Crippen LogP contribution in [0, 0.1) is 0 Å². The average molecular weight is 929 g/mol. The van der Waals surface area contributed by atoms with E-state index in [2.05, 4.69) is 174 Å². The molecule has 10 rings (SSSR count). The maximum absolute atomic E-state index is 13.3. The van der Waals surface area contributed by atoms with Gasteiger partial charge in [0, 0.05) is 72.7 Å². The number of thioether (sulfide) groups is 1. The van der Waals surface area contributed by atoms with E-state index < -0.39 is 0 Å². The van der Waals surface area contributed by atoms with Gasteiger partial charge in [0.25, 0.3) is 0 Å². The molecular formula is C63H52N4O2S. The average Bonchev–Trinajstić information content (AvgIpc) is 3.93. The van der Waals surface area contributed by atoms with Gasteiger partial charge in [-0.1, -0.05) is 158 Å². The number of rotatable bonds is 12. The minimum absolute atomic E-state index is 0.188. The Bertz CT molecular complexity index is 3530. The highest BCUT2D eigenvalue weighted by Gasteiger charge is 2.35. The first-order valence-electron chi connectivity index (χ1n) is 23.6. The second-order valence-electron chi connectivity index (χ2n) is 17.1. The number of hydrogen-bond acceptors (Lipinski definition) is 5. The number of fused-ring (bicyclic) bond motifs is 5. The second-order valence-corrected chi connectivity index (χ2v) is 18.2. The highest BCUT2D eigenvalue weighted by Crippen LogP contribution is 2.56. The van der Waals surface area contributed by atoms with Gasteiger partial charge in [0.05, 0.1) is 28.3 Å². The van der Waals surface area contributed by atoms with Crippen LogP contribution in [0.4, 0.5) is 34.1 Å². The predicted octanol–water partition coefficient (Wildman–Crippen LogP) is 17.0. The molecular weight excluding hydrogens is 877 g/mol. The van der Waals surface area contributed by atoms with E-state index in [0.717, 1.165) is 93.6 Å². The van der Waals surface area contributed by atoms with Crippen molar-refractivity contribution in [3.05, 3.63) is 247 Å². The molecule has 0 radical (unpaired) electrons. The maximum atomic E-state index is 13.3. The van der Waals surface area contributed by atoms with Crippen LogP contribution in [-0.4, -0.2) is 16.8 Å². The molecule has 0 saturated carbocycles. The summed E-state index contributed by atoms with van der Waals surface area (Å²) in [6, 6.07) is 53.1. The van der Waals surface area contributed by atoms with Gasteiger partial charge in [-0.25, -0.2) is 0 Å². The molecule has 342 valence electrons. The fourth-order valence-electron chi connectivity index (χ4n) is 9.69. The number of allylic oxidation sites excluding steroid dienone is 12. The van der Waals surface area contributed by atoms with Crippen molar-refractivity contribution in [3.63, 3.8) is 0 Å². The first-order valence-corrected chi connectivity index (χ1v) is 24.4. The first kappa shape index (κ1) is 45.4. The van der Waals surface area contributed by atoms with Crippen molar-refractivity contribution in [2.75, 3.05) is 14.7 Å². The summed E-state index contributed by atoms with van der Waals surface area (Å²) < 4.78 is 0. The standard InChI is InChI=1S/C63H52N4O2S/c1-6-10-14-22-42(5)61(51-31-21-30-50-53-38-44-24-19-20-25-45(44)39-54(53)64-62(50)51)63-55(9-4)67(56-34-32-48(66-59(68)36-37-60(66)69)40-52(56)43(8-3)23-11-7-2)57-41-49(33-35-58(57)70-63)65(46-26-15-12-16-27-46)47-28-17-13-18-29-47/h6-35,38-41,64H,2,5,36-37H2,1,3-4H3/b10-6-,22-14-,23-11-,43-8+,55-9+,63-61-. The number of carbonyl (C=O) groups excluding carboxylic acids is 2. The van der Waals surface area contributed by atoms with Crippen molar-refractivity contribution in [1.29, 1.82) is 0 Å². The number of aromatic nitrogens is 1. The lowest BCUT2D eigenvalue weighted by molar-refractivity contribution is -0.121. The van der Waals surface area contributed by atoms with E-state index >= 15 is 0 Å². The molecule has 3 heterocycles. The summed E-state index contributed by atoms with van der Waals surface area (Å²) in [6.07, 6.45) is 18.5. The normalized spacial score (nSPS) is 15.7. The molecule has 1 saturated heterocycles. The van der Waals surface area contributed by atoms with E-state index in [4.69, 9.17) is 6.58 Å². The van der Waals surface area contributed by atoms with E-state index in [1.54, 1.807) is 17.8 Å². The Morgan fingerprint density at radius 1 is 0.643 bits per heavy atom. The summed E-state index contributed by atoms with van der Waals surface area (Å²) in [4.78, 5) is 38.5. The van der Waals surface area contributed by atoms with Crippen LogP contribution < -0.4 is 14.7 Å². The number of amides is 2. The number of nitrogens with zero attached hydrogens (tertiary/aromatic N) is 3. The lowest BCUT2D eigenvalue weighted by Crippen LogP contribution is -2.29. The van der Waals surface area contributed by atoms with Crippen LogP contribution in [0.1, 0.15) is 44.7 Å². The highest BCUT2D eigenvalue weighted by molar-refractivity contribution is 8.03. The van der Waals surface area contributed by atoms with Crippen LogP contribution in [0.15, 0.2) is 241 Å². The van der Waals surface area contributed by atoms with Crippen molar-refractivity contribution in [3.8, 4) is 0 Å². The van der Waals surface area contributed by atoms with Gasteiger partial charge in [-0.15, -0.1) is 0 Å². The molecule has 1 N–H and O–H groups in total. The molecule has 8 aromatic rings. The topological polar surface area (TPSA) is 59.7 Å². The Morgan fingerprint density at radius 3 is 2.01 bits per heavy atom. The van der Waals surface area contributed by atoms with Crippen LogP contribution >= 0.6 is 11.8 Å². The van der Waals surface area contributed by atoms with Crippen molar-refractivity contribution >= 4 is 101 Å². The van der Waals surface area contributed by atoms with Crippen molar-refractivity contribution in [2.24, 2.45) is 0 Å². The Kier molecular flexibility index (Phi) is 12.8. The van der Waals surface area contributed by atoms with E-state index in [9.17, 15) is 9.59 Å². The summed E-state index contributed by atoms with van der Waals surface area (Å²) in [5, 5.41) is 4.65. The molecule has 7 heteroatoms. The molecule has 7 aromatic carbocycles. The maximum Gasteiger partial charge on any atom is 0.234 e. The van der Waals surface area contributed by atoms with Crippen LogP contribution in [-0.2, 0) is 9.59 Å². The zero-order valence-electron chi connectivity index (χ0n) is 39.5. The Morgan fingerprint density at radius 2 is 1.34 bits per heavy atom.